The summed E-state index contributed by atoms with van der Waals surface area (Å²) in [5, 5.41) is 2.92. The first-order valence-corrected chi connectivity index (χ1v) is 9.66. The Labute approximate surface area is 164 Å². The molecule has 2 aromatic rings. The first-order valence-electron chi connectivity index (χ1n) is 9.66. The topological polar surface area (TPSA) is 84.4 Å². The Morgan fingerprint density at radius 1 is 1.36 bits per heavy atom. The molecule has 0 saturated heterocycles. The van der Waals surface area contributed by atoms with Gasteiger partial charge in [0.1, 0.15) is 0 Å². The third-order valence-corrected chi connectivity index (χ3v) is 5.20. The lowest BCUT2D eigenvalue weighted by Gasteiger charge is -2.14. The quantitative estimate of drug-likeness (QED) is 0.758. The average molecular weight is 380 g/mol. The minimum atomic E-state index is -0.0355. The maximum atomic E-state index is 12.8. The Bertz CT molecular complexity index is 881. The molecule has 0 unspecified atom stereocenters. The van der Waals surface area contributed by atoms with Gasteiger partial charge in [-0.25, -0.2) is 4.98 Å². The summed E-state index contributed by atoms with van der Waals surface area (Å²) < 4.78 is 5.39. The Hall–Kier alpha value is -2.96. The van der Waals surface area contributed by atoms with Crippen LogP contribution in [0.25, 0.3) is 0 Å². The van der Waals surface area contributed by atoms with Crippen molar-refractivity contribution in [1.29, 1.82) is 0 Å². The van der Waals surface area contributed by atoms with Crippen LogP contribution in [-0.4, -0.2) is 40.3 Å². The van der Waals surface area contributed by atoms with Gasteiger partial charge in [0.2, 0.25) is 11.8 Å². The lowest BCUT2D eigenvalue weighted by atomic mass is 10.1. The molecular formula is C21H24N4O3. The third kappa shape index (κ3) is 4.13. The molecule has 2 aromatic heterocycles. The van der Waals surface area contributed by atoms with Gasteiger partial charge in [-0.2, -0.15) is 0 Å². The molecule has 2 aliphatic rings. The first-order chi connectivity index (χ1) is 13.6. The molecule has 28 heavy (non-hydrogen) atoms. The minimum absolute atomic E-state index is 0.0355. The van der Waals surface area contributed by atoms with Gasteiger partial charge < -0.3 is 15.0 Å². The monoisotopic (exact) mass is 380 g/mol. The van der Waals surface area contributed by atoms with Crippen molar-refractivity contribution in [2.24, 2.45) is 5.92 Å². The van der Waals surface area contributed by atoms with E-state index in [1.165, 1.54) is 0 Å². The van der Waals surface area contributed by atoms with Crippen molar-refractivity contribution in [1.82, 2.24) is 20.2 Å². The number of fused-ring (bicyclic) bond motifs is 1. The van der Waals surface area contributed by atoms with Crippen molar-refractivity contribution in [3.05, 3.63) is 53.0 Å². The number of carbonyl (C=O) groups excluding carboxylic acids is 2. The first kappa shape index (κ1) is 18.4. The third-order valence-electron chi connectivity index (χ3n) is 5.20. The average Bonchev–Trinajstić information content (AvgIpc) is 3.48. The predicted molar refractivity (Wildman–Crippen MR) is 103 cm³/mol. The Kier molecular flexibility index (Phi) is 5.23. The number of pyridine rings is 2. The van der Waals surface area contributed by atoms with E-state index >= 15 is 0 Å². The van der Waals surface area contributed by atoms with Gasteiger partial charge in [-0.05, 0) is 37.0 Å². The summed E-state index contributed by atoms with van der Waals surface area (Å²) in [5.41, 5.74) is 2.99. The van der Waals surface area contributed by atoms with Crippen LogP contribution >= 0.6 is 0 Å². The maximum absolute atomic E-state index is 12.8. The van der Waals surface area contributed by atoms with Gasteiger partial charge in [0, 0.05) is 43.4 Å². The normalized spacial score (nSPS) is 15.5. The summed E-state index contributed by atoms with van der Waals surface area (Å²) in [4.78, 5) is 35.4. The summed E-state index contributed by atoms with van der Waals surface area (Å²) >= 11 is 0. The number of rotatable bonds is 8. The number of ether oxygens (including phenoxy) is 1. The number of aromatic nitrogens is 2. The number of hydrogen-bond donors (Lipinski definition) is 1. The molecule has 2 amide bonds. The molecule has 0 aromatic carbocycles. The van der Waals surface area contributed by atoms with Crippen molar-refractivity contribution < 1.29 is 14.3 Å². The molecule has 0 bridgehead atoms. The van der Waals surface area contributed by atoms with Gasteiger partial charge >= 0.3 is 0 Å². The van der Waals surface area contributed by atoms with Crippen LogP contribution in [0.3, 0.4) is 0 Å². The van der Waals surface area contributed by atoms with Crippen molar-refractivity contribution >= 4 is 11.8 Å². The van der Waals surface area contributed by atoms with Gasteiger partial charge in [-0.3, -0.25) is 14.6 Å². The Balaban J connectivity index is 1.43. The summed E-state index contributed by atoms with van der Waals surface area (Å²) in [6.45, 7) is 1.36. The molecule has 1 saturated carbocycles. The highest BCUT2D eigenvalue weighted by molar-refractivity contribution is 5.98. The standard InChI is InChI=1S/C21H24N4O3/c1-28-20-15(12-23-19(26)10-14-5-6-14)11-17-18(24-20)13-25(21(17)27)9-7-16-4-2-3-8-22-16/h2-4,8,11,14H,5-7,9-10,12-13H2,1H3,(H,23,26). The van der Waals surface area contributed by atoms with Crippen LogP contribution in [0.4, 0.5) is 0 Å². The van der Waals surface area contributed by atoms with Crippen molar-refractivity contribution in [3.63, 3.8) is 0 Å². The van der Waals surface area contributed by atoms with E-state index in [9.17, 15) is 9.59 Å². The summed E-state index contributed by atoms with van der Waals surface area (Å²) in [6, 6.07) is 7.58. The van der Waals surface area contributed by atoms with E-state index in [-0.39, 0.29) is 11.8 Å². The molecule has 3 heterocycles. The van der Waals surface area contributed by atoms with Gasteiger partial charge in [0.15, 0.2) is 0 Å². The molecule has 1 aliphatic heterocycles. The number of nitrogens with one attached hydrogen (secondary N) is 1. The second kappa shape index (κ2) is 7.96. The van der Waals surface area contributed by atoms with Crippen LogP contribution < -0.4 is 10.1 Å². The second-order valence-electron chi connectivity index (χ2n) is 7.37. The maximum Gasteiger partial charge on any atom is 0.256 e. The molecule has 7 nitrogen and oxygen atoms in total. The van der Waals surface area contributed by atoms with E-state index in [1.807, 2.05) is 24.3 Å². The van der Waals surface area contributed by atoms with Crippen molar-refractivity contribution in [2.45, 2.75) is 38.8 Å². The minimum Gasteiger partial charge on any atom is -0.481 e. The van der Waals surface area contributed by atoms with E-state index in [0.29, 0.717) is 49.8 Å². The lowest BCUT2D eigenvalue weighted by Crippen LogP contribution is -2.26. The van der Waals surface area contributed by atoms with Gasteiger partial charge in [-0.1, -0.05) is 6.07 Å². The Morgan fingerprint density at radius 3 is 2.93 bits per heavy atom. The van der Waals surface area contributed by atoms with E-state index in [1.54, 1.807) is 18.2 Å². The molecule has 7 heteroatoms. The summed E-state index contributed by atoms with van der Waals surface area (Å²) in [6.07, 6.45) is 5.30. The van der Waals surface area contributed by atoms with Crippen molar-refractivity contribution in [3.8, 4) is 5.88 Å². The molecule has 1 aliphatic carbocycles. The van der Waals surface area contributed by atoms with Crippen LogP contribution in [0, 0.1) is 5.92 Å². The fraction of sp³-hybridized carbons (Fsp3) is 0.429. The van der Waals surface area contributed by atoms with E-state index in [4.69, 9.17) is 4.74 Å². The predicted octanol–water partition coefficient (Wildman–Crippen LogP) is 2.10. The van der Waals surface area contributed by atoms with Crippen LogP contribution in [0.15, 0.2) is 30.5 Å². The zero-order valence-corrected chi connectivity index (χ0v) is 16.0. The SMILES string of the molecule is COc1nc2c(cc1CNC(=O)CC1CC1)C(=O)N(CCc1ccccn1)C2. The van der Waals surface area contributed by atoms with Crippen LogP contribution in [-0.2, 0) is 24.3 Å². The summed E-state index contributed by atoms with van der Waals surface area (Å²) in [7, 11) is 1.56. The number of amides is 2. The van der Waals surface area contributed by atoms with E-state index in [0.717, 1.165) is 29.8 Å². The zero-order chi connectivity index (χ0) is 19.5. The van der Waals surface area contributed by atoms with E-state index in [2.05, 4.69) is 15.3 Å². The zero-order valence-electron chi connectivity index (χ0n) is 16.0. The molecule has 4 rings (SSSR count). The largest absolute Gasteiger partial charge is 0.481 e. The van der Waals surface area contributed by atoms with E-state index < -0.39 is 0 Å². The lowest BCUT2D eigenvalue weighted by molar-refractivity contribution is -0.121. The van der Waals surface area contributed by atoms with Crippen LogP contribution in [0.1, 0.15) is 46.6 Å². The fourth-order valence-corrected chi connectivity index (χ4v) is 3.43. The highest BCUT2D eigenvalue weighted by Gasteiger charge is 2.30. The van der Waals surface area contributed by atoms with Gasteiger partial charge in [0.25, 0.3) is 5.91 Å². The molecule has 146 valence electrons. The smallest absolute Gasteiger partial charge is 0.256 e. The van der Waals surface area contributed by atoms with Crippen LogP contribution in [0.2, 0.25) is 0 Å². The second-order valence-corrected chi connectivity index (χ2v) is 7.37. The molecule has 0 spiro atoms. The highest BCUT2D eigenvalue weighted by atomic mass is 16.5. The molecule has 0 atom stereocenters. The number of methoxy groups -OCH3 is 1. The number of nitrogens with zero attached hydrogens (tertiary/aromatic N) is 3. The molecule has 1 fully saturated rings. The van der Waals surface area contributed by atoms with Gasteiger partial charge in [-0.15, -0.1) is 0 Å². The molecular weight excluding hydrogens is 356 g/mol. The van der Waals surface area contributed by atoms with Crippen LogP contribution in [0.5, 0.6) is 5.88 Å². The fourth-order valence-electron chi connectivity index (χ4n) is 3.43. The summed E-state index contributed by atoms with van der Waals surface area (Å²) in [5.74, 6) is 0.999. The number of carbonyl (C=O) groups is 2. The molecule has 1 N–H and O–H groups in total. The molecule has 0 radical (unpaired) electrons. The number of hydrogen-bond acceptors (Lipinski definition) is 5. The Morgan fingerprint density at radius 2 is 2.21 bits per heavy atom. The highest BCUT2D eigenvalue weighted by Crippen LogP contribution is 2.32. The van der Waals surface area contributed by atoms with Crippen molar-refractivity contribution in [2.75, 3.05) is 13.7 Å². The van der Waals surface area contributed by atoms with Gasteiger partial charge in [0.05, 0.1) is 24.9 Å².